The minimum Gasteiger partial charge on any atom is -0.746 e. The minimum atomic E-state index is -4.44. The molecule has 9 heteroatoms. The molecule has 2 heterocycles. The molecule has 2 unspecified atom stereocenters. The van der Waals surface area contributed by atoms with Crippen LogP contribution in [0.3, 0.4) is 0 Å². The van der Waals surface area contributed by atoms with Crippen LogP contribution in [0, 0.1) is 0 Å². The predicted octanol–water partition coefficient (Wildman–Crippen LogP) is -1.42. The standard InChI is InChI=1S/C11H16O6S2.Na/c1-2-3-11(19(12,13)14)16-5-8-4-15-9-6-18-7-10(9)17-8;/h6-8,11H,2-5H2,1H3,(H,12,13,14);/q;+1/p-1. The monoisotopic (exact) mass is 330 g/mol. The fourth-order valence-electron chi connectivity index (χ4n) is 1.70. The maximum absolute atomic E-state index is 11.0. The Morgan fingerprint density at radius 2 is 2.20 bits per heavy atom. The van der Waals surface area contributed by atoms with E-state index in [1.165, 1.54) is 11.3 Å². The Bertz CT molecular complexity index is 515. The summed E-state index contributed by atoms with van der Waals surface area (Å²) in [6.07, 6.45) is 0.342. The van der Waals surface area contributed by atoms with Crippen LogP contribution in [0.1, 0.15) is 19.8 Å². The molecule has 0 saturated heterocycles. The molecule has 0 radical (unpaired) electrons. The number of hydrogen-bond acceptors (Lipinski definition) is 7. The SMILES string of the molecule is CCCC(OCC1COc2cscc2O1)S(=O)(=O)[O-].[Na+]. The summed E-state index contributed by atoms with van der Waals surface area (Å²) in [5.74, 6) is 1.31. The molecule has 108 valence electrons. The first-order valence-corrected chi connectivity index (χ1v) is 8.34. The van der Waals surface area contributed by atoms with Crippen LogP contribution >= 0.6 is 11.3 Å². The molecule has 1 aliphatic rings. The van der Waals surface area contributed by atoms with Gasteiger partial charge in [0.15, 0.2) is 17.6 Å². The zero-order chi connectivity index (χ0) is 13.9. The van der Waals surface area contributed by atoms with Gasteiger partial charge in [-0.3, -0.25) is 0 Å². The summed E-state index contributed by atoms with van der Waals surface area (Å²) in [6, 6.07) is 0. The molecular formula is C11H15NaO6S2. The molecule has 0 spiro atoms. The molecule has 1 aromatic rings. The van der Waals surface area contributed by atoms with E-state index in [0.717, 1.165) is 0 Å². The van der Waals surface area contributed by atoms with E-state index in [2.05, 4.69) is 0 Å². The van der Waals surface area contributed by atoms with E-state index < -0.39 is 21.7 Å². The fourth-order valence-corrected chi connectivity index (χ4v) is 3.15. The van der Waals surface area contributed by atoms with Gasteiger partial charge in [-0.1, -0.05) is 13.3 Å². The molecule has 20 heavy (non-hydrogen) atoms. The number of fused-ring (bicyclic) bond motifs is 1. The normalized spacial score (nSPS) is 19.2. The maximum Gasteiger partial charge on any atom is 1.00 e. The van der Waals surface area contributed by atoms with Crippen molar-refractivity contribution in [2.24, 2.45) is 0 Å². The van der Waals surface area contributed by atoms with Crippen molar-refractivity contribution in [2.45, 2.75) is 31.3 Å². The molecule has 0 aromatic carbocycles. The van der Waals surface area contributed by atoms with E-state index in [0.29, 0.717) is 17.9 Å². The van der Waals surface area contributed by atoms with Gasteiger partial charge in [-0.25, -0.2) is 8.42 Å². The summed E-state index contributed by atoms with van der Waals surface area (Å²) in [5, 5.41) is 3.63. The second kappa shape index (κ2) is 7.98. The van der Waals surface area contributed by atoms with Crippen molar-refractivity contribution in [1.82, 2.24) is 0 Å². The van der Waals surface area contributed by atoms with Crippen LogP contribution in [-0.2, 0) is 14.9 Å². The van der Waals surface area contributed by atoms with Gasteiger partial charge >= 0.3 is 29.6 Å². The van der Waals surface area contributed by atoms with Crippen molar-refractivity contribution in [2.75, 3.05) is 13.2 Å². The molecule has 2 rings (SSSR count). The first-order chi connectivity index (χ1) is 9.00. The quantitative estimate of drug-likeness (QED) is 0.470. The molecule has 0 amide bonds. The second-order valence-corrected chi connectivity index (χ2v) is 6.45. The zero-order valence-electron chi connectivity index (χ0n) is 11.4. The molecule has 0 N–H and O–H groups in total. The first-order valence-electron chi connectivity index (χ1n) is 5.92. The van der Waals surface area contributed by atoms with Crippen molar-refractivity contribution in [3.8, 4) is 11.5 Å². The Labute approximate surface area is 144 Å². The van der Waals surface area contributed by atoms with Crippen molar-refractivity contribution in [3.05, 3.63) is 10.8 Å². The Morgan fingerprint density at radius 3 is 2.85 bits per heavy atom. The third-order valence-corrected chi connectivity index (χ3v) is 4.34. The molecule has 0 fully saturated rings. The Kier molecular flexibility index (Phi) is 7.27. The van der Waals surface area contributed by atoms with Gasteiger partial charge in [-0.2, -0.15) is 0 Å². The Balaban J connectivity index is 0.00000200. The molecule has 2 atom stereocenters. The van der Waals surface area contributed by atoms with E-state index in [9.17, 15) is 13.0 Å². The number of hydrogen-bond donors (Lipinski definition) is 0. The molecule has 0 aliphatic carbocycles. The van der Waals surface area contributed by atoms with Crippen LogP contribution in [-0.4, -0.2) is 37.7 Å². The largest absolute Gasteiger partial charge is 1.00 e. The van der Waals surface area contributed by atoms with E-state index in [1.807, 2.05) is 5.38 Å². The fraction of sp³-hybridized carbons (Fsp3) is 0.636. The third kappa shape index (κ3) is 4.87. The molecule has 0 saturated carbocycles. The minimum absolute atomic E-state index is 0. The summed E-state index contributed by atoms with van der Waals surface area (Å²) >= 11 is 1.46. The van der Waals surface area contributed by atoms with Gasteiger partial charge in [-0.15, -0.1) is 11.3 Å². The van der Waals surface area contributed by atoms with Crippen molar-refractivity contribution in [1.29, 1.82) is 0 Å². The smallest absolute Gasteiger partial charge is 0.746 e. The van der Waals surface area contributed by atoms with Gasteiger partial charge in [0, 0.05) is 10.8 Å². The maximum atomic E-state index is 11.0. The molecular weight excluding hydrogens is 315 g/mol. The number of thiophene rings is 1. The van der Waals surface area contributed by atoms with Gasteiger partial charge in [-0.05, 0) is 6.42 Å². The van der Waals surface area contributed by atoms with Gasteiger partial charge in [0.25, 0.3) is 0 Å². The third-order valence-electron chi connectivity index (χ3n) is 2.63. The van der Waals surface area contributed by atoms with Gasteiger partial charge in [0.1, 0.15) is 22.2 Å². The summed E-state index contributed by atoms with van der Waals surface area (Å²) < 4.78 is 49.2. The second-order valence-electron chi connectivity index (χ2n) is 4.20. The van der Waals surface area contributed by atoms with Crippen molar-refractivity contribution < 1.29 is 56.7 Å². The topological polar surface area (TPSA) is 84.9 Å². The van der Waals surface area contributed by atoms with Crippen molar-refractivity contribution >= 4 is 21.5 Å². The summed E-state index contributed by atoms with van der Waals surface area (Å²) in [7, 11) is -4.44. The van der Waals surface area contributed by atoms with Gasteiger partial charge < -0.3 is 18.8 Å². The van der Waals surface area contributed by atoms with Crippen LogP contribution in [0.2, 0.25) is 0 Å². The molecule has 1 aromatic heterocycles. The first kappa shape index (κ1) is 18.2. The summed E-state index contributed by atoms with van der Waals surface area (Å²) in [5.41, 5.74) is -1.31. The van der Waals surface area contributed by atoms with E-state index in [-0.39, 0.29) is 49.2 Å². The summed E-state index contributed by atoms with van der Waals surface area (Å²) in [4.78, 5) is 0. The van der Waals surface area contributed by atoms with Gasteiger partial charge in [0.05, 0.1) is 6.61 Å². The molecule has 0 bridgehead atoms. The van der Waals surface area contributed by atoms with Crippen LogP contribution < -0.4 is 39.0 Å². The van der Waals surface area contributed by atoms with Crippen molar-refractivity contribution in [3.63, 3.8) is 0 Å². The Hall–Kier alpha value is 0.170. The van der Waals surface area contributed by atoms with E-state index in [4.69, 9.17) is 14.2 Å². The molecule has 1 aliphatic heterocycles. The number of ether oxygens (including phenoxy) is 3. The van der Waals surface area contributed by atoms with E-state index >= 15 is 0 Å². The van der Waals surface area contributed by atoms with Gasteiger partial charge in [0.2, 0.25) is 0 Å². The average Bonchev–Trinajstić information content (AvgIpc) is 2.80. The molecule has 6 nitrogen and oxygen atoms in total. The van der Waals surface area contributed by atoms with Crippen LogP contribution in [0.15, 0.2) is 10.8 Å². The Morgan fingerprint density at radius 1 is 1.50 bits per heavy atom. The average molecular weight is 330 g/mol. The number of rotatable bonds is 6. The predicted molar refractivity (Wildman–Crippen MR) is 68.6 cm³/mol. The van der Waals surface area contributed by atoms with Crippen LogP contribution in [0.4, 0.5) is 0 Å². The van der Waals surface area contributed by atoms with Crippen LogP contribution in [0.25, 0.3) is 0 Å². The van der Waals surface area contributed by atoms with E-state index in [1.54, 1.807) is 12.3 Å². The zero-order valence-corrected chi connectivity index (χ0v) is 15.0. The van der Waals surface area contributed by atoms with Crippen LogP contribution in [0.5, 0.6) is 11.5 Å². The summed E-state index contributed by atoms with van der Waals surface area (Å²) in [6.45, 7) is 2.09.